The third-order valence-electron chi connectivity index (χ3n) is 3.88. The molecule has 0 heterocycles. The Hall–Kier alpha value is -2.00. The van der Waals surface area contributed by atoms with Crippen LogP contribution in [0.1, 0.15) is 42.5 Å². The van der Waals surface area contributed by atoms with Crippen molar-refractivity contribution >= 4 is 23.6 Å². The number of amides is 2. The monoisotopic (exact) mass is 331 g/mol. The minimum atomic E-state index is -0.726. The predicted octanol–water partition coefficient (Wildman–Crippen LogP) is 2.75. The van der Waals surface area contributed by atoms with Gasteiger partial charge in [-0.15, -0.1) is 11.8 Å². The molecule has 0 bridgehead atoms. The highest BCUT2D eigenvalue weighted by atomic mass is 32.2. The number of nitriles is 1. The molecule has 2 rings (SSSR count). The number of nitrogens with zero attached hydrogens (tertiary/aromatic N) is 2. The van der Waals surface area contributed by atoms with Gasteiger partial charge in [-0.2, -0.15) is 5.26 Å². The minimum Gasteiger partial charge on any atom is -0.332 e. The molecule has 6 heteroatoms. The molecule has 0 saturated heterocycles. The molecular formula is C17H21N3O2S. The SMILES string of the molecule is CN(C#N)C(=O)C(NC(=O)c1ccccc1)SC1CCCCC1. The van der Waals surface area contributed by atoms with Crippen LogP contribution in [0.2, 0.25) is 0 Å². The summed E-state index contributed by atoms with van der Waals surface area (Å²) in [6.07, 6.45) is 7.44. The Morgan fingerprint density at radius 3 is 2.52 bits per heavy atom. The second-order valence-corrected chi connectivity index (χ2v) is 7.02. The highest BCUT2D eigenvalue weighted by molar-refractivity contribution is 8.01. The largest absolute Gasteiger partial charge is 0.332 e. The highest BCUT2D eigenvalue weighted by Gasteiger charge is 2.29. The second-order valence-electron chi connectivity index (χ2n) is 5.61. The average Bonchev–Trinajstić information content (AvgIpc) is 2.61. The van der Waals surface area contributed by atoms with Crippen molar-refractivity contribution in [1.29, 1.82) is 5.26 Å². The summed E-state index contributed by atoms with van der Waals surface area (Å²) in [5.41, 5.74) is 0.508. The van der Waals surface area contributed by atoms with E-state index in [1.54, 1.807) is 24.3 Å². The molecule has 23 heavy (non-hydrogen) atoms. The Balaban J connectivity index is 2.07. The number of hydrogen-bond acceptors (Lipinski definition) is 4. The van der Waals surface area contributed by atoms with Crippen LogP contribution in [0.25, 0.3) is 0 Å². The molecule has 0 aliphatic heterocycles. The van der Waals surface area contributed by atoms with Gasteiger partial charge in [0.1, 0.15) is 0 Å². The Morgan fingerprint density at radius 2 is 1.91 bits per heavy atom. The molecule has 1 saturated carbocycles. The van der Waals surface area contributed by atoms with E-state index in [-0.39, 0.29) is 11.8 Å². The van der Waals surface area contributed by atoms with Gasteiger partial charge in [-0.3, -0.25) is 9.59 Å². The molecular weight excluding hydrogens is 310 g/mol. The van der Waals surface area contributed by atoms with E-state index in [1.807, 2.05) is 12.3 Å². The molecule has 1 fully saturated rings. The Labute approximate surface area is 141 Å². The van der Waals surface area contributed by atoms with Crippen LogP contribution < -0.4 is 5.32 Å². The van der Waals surface area contributed by atoms with E-state index in [0.717, 1.165) is 30.6 Å². The molecule has 1 aromatic carbocycles. The van der Waals surface area contributed by atoms with E-state index >= 15 is 0 Å². The van der Waals surface area contributed by atoms with Crippen molar-refractivity contribution in [2.45, 2.75) is 42.7 Å². The number of carbonyl (C=O) groups is 2. The van der Waals surface area contributed by atoms with Crippen molar-refractivity contribution in [3.63, 3.8) is 0 Å². The summed E-state index contributed by atoms with van der Waals surface area (Å²) < 4.78 is 0. The summed E-state index contributed by atoms with van der Waals surface area (Å²) in [7, 11) is 1.42. The summed E-state index contributed by atoms with van der Waals surface area (Å²) >= 11 is 1.47. The zero-order valence-corrected chi connectivity index (χ0v) is 14.0. The third kappa shape index (κ3) is 5.00. The first-order chi connectivity index (χ1) is 11.1. The number of benzene rings is 1. The first kappa shape index (κ1) is 17.4. The van der Waals surface area contributed by atoms with E-state index < -0.39 is 5.37 Å². The van der Waals surface area contributed by atoms with E-state index in [4.69, 9.17) is 5.26 Å². The summed E-state index contributed by atoms with van der Waals surface area (Å²) in [4.78, 5) is 25.7. The van der Waals surface area contributed by atoms with Crippen LogP contribution >= 0.6 is 11.8 Å². The van der Waals surface area contributed by atoms with Gasteiger partial charge < -0.3 is 5.32 Å². The fourth-order valence-electron chi connectivity index (χ4n) is 2.56. The van der Waals surface area contributed by atoms with Crippen molar-refractivity contribution in [2.75, 3.05) is 7.05 Å². The van der Waals surface area contributed by atoms with Gasteiger partial charge in [0.15, 0.2) is 11.6 Å². The van der Waals surface area contributed by atoms with E-state index in [1.165, 1.54) is 25.2 Å². The van der Waals surface area contributed by atoms with Gasteiger partial charge in [0.05, 0.1) is 0 Å². The zero-order chi connectivity index (χ0) is 16.7. The van der Waals surface area contributed by atoms with Crippen LogP contribution in [-0.4, -0.2) is 34.4 Å². The van der Waals surface area contributed by atoms with E-state index in [9.17, 15) is 9.59 Å². The second kappa shape index (κ2) is 8.59. The lowest BCUT2D eigenvalue weighted by Gasteiger charge is -2.27. The maximum atomic E-state index is 12.4. The number of hydrogen-bond donors (Lipinski definition) is 1. The molecule has 0 radical (unpaired) electrons. The number of nitrogens with one attached hydrogen (secondary N) is 1. The minimum absolute atomic E-state index is 0.293. The summed E-state index contributed by atoms with van der Waals surface area (Å²) in [5.74, 6) is -0.675. The lowest BCUT2D eigenvalue weighted by Crippen LogP contribution is -2.45. The van der Waals surface area contributed by atoms with Gasteiger partial charge in [0.25, 0.3) is 11.8 Å². The normalized spacial score (nSPS) is 16.2. The first-order valence-electron chi connectivity index (χ1n) is 7.80. The van der Waals surface area contributed by atoms with Gasteiger partial charge in [0, 0.05) is 17.9 Å². The van der Waals surface area contributed by atoms with Crippen molar-refractivity contribution in [3.8, 4) is 6.19 Å². The molecule has 1 unspecified atom stereocenters. The number of carbonyl (C=O) groups excluding carboxylic acids is 2. The van der Waals surface area contributed by atoms with Crippen molar-refractivity contribution in [2.24, 2.45) is 0 Å². The Morgan fingerprint density at radius 1 is 1.26 bits per heavy atom. The topological polar surface area (TPSA) is 73.2 Å². The molecule has 0 spiro atoms. The summed E-state index contributed by atoms with van der Waals surface area (Å²) in [6, 6.07) is 8.80. The maximum absolute atomic E-state index is 12.4. The molecule has 5 nitrogen and oxygen atoms in total. The van der Waals surface area contributed by atoms with Gasteiger partial charge in [0.2, 0.25) is 0 Å². The van der Waals surface area contributed by atoms with Crippen molar-refractivity contribution in [3.05, 3.63) is 35.9 Å². The molecule has 1 N–H and O–H groups in total. The van der Waals surface area contributed by atoms with Gasteiger partial charge in [-0.1, -0.05) is 37.5 Å². The summed E-state index contributed by atoms with van der Waals surface area (Å²) in [6.45, 7) is 0. The molecule has 1 aliphatic carbocycles. The molecule has 2 amide bonds. The molecule has 1 atom stereocenters. The molecule has 1 aliphatic rings. The lowest BCUT2D eigenvalue weighted by molar-refractivity contribution is -0.126. The summed E-state index contributed by atoms with van der Waals surface area (Å²) in [5, 5.41) is 11.3. The van der Waals surface area contributed by atoms with Crippen LogP contribution in [0, 0.1) is 11.5 Å². The Bertz CT molecular complexity index is 579. The smallest absolute Gasteiger partial charge is 0.268 e. The fourth-order valence-corrected chi connectivity index (χ4v) is 4.00. The number of thioether (sulfide) groups is 1. The van der Waals surface area contributed by atoms with Gasteiger partial charge in [-0.25, -0.2) is 4.90 Å². The van der Waals surface area contributed by atoms with E-state index in [0.29, 0.717) is 10.8 Å². The Kier molecular flexibility index (Phi) is 6.48. The van der Waals surface area contributed by atoms with Crippen LogP contribution in [-0.2, 0) is 4.79 Å². The van der Waals surface area contributed by atoms with Crippen molar-refractivity contribution < 1.29 is 9.59 Å². The number of rotatable bonds is 5. The van der Waals surface area contributed by atoms with Crippen LogP contribution in [0.5, 0.6) is 0 Å². The third-order valence-corrected chi connectivity index (χ3v) is 5.33. The standard InChI is InChI=1S/C17H21N3O2S/c1-20(12-18)17(22)16(23-14-10-6-3-7-11-14)19-15(21)13-8-4-2-5-9-13/h2,4-5,8-9,14,16H,3,6-7,10-11H2,1H3,(H,19,21). The molecule has 0 aromatic heterocycles. The molecule has 122 valence electrons. The quantitative estimate of drug-likeness (QED) is 0.511. The van der Waals surface area contributed by atoms with E-state index in [2.05, 4.69) is 5.32 Å². The lowest BCUT2D eigenvalue weighted by atomic mass is 10.0. The predicted molar refractivity (Wildman–Crippen MR) is 90.5 cm³/mol. The zero-order valence-electron chi connectivity index (χ0n) is 13.2. The van der Waals surface area contributed by atoms with Gasteiger partial charge in [-0.05, 0) is 25.0 Å². The van der Waals surface area contributed by atoms with Crippen molar-refractivity contribution in [1.82, 2.24) is 10.2 Å². The average molecular weight is 331 g/mol. The van der Waals surface area contributed by atoms with Crippen LogP contribution in [0.4, 0.5) is 0 Å². The maximum Gasteiger partial charge on any atom is 0.268 e. The van der Waals surface area contributed by atoms with Gasteiger partial charge >= 0.3 is 0 Å². The fraction of sp³-hybridized carbons (Fsp3) is 0.471. The van der Waals surface area contributed by atoms with Crippen LogP contribution in [0.3, 0.4) is 0 Å². The highest BCUT2D eigenvalue weighted by Crippen LogP contribution is 2.31. The molecule has 1 aromatic rings. The first-order valence-corrected chi connectivity index (χ1v) is 8.75. The number of likely N-dealkylation sites (N-methyl/N-ethyl adjacent to an activating group) is 1. The van der Waals surface area contributed by atoms with Crippen LogP contribution in [0.15, 0.2) is 30.3 Å².